The summed E-state index contributed by atoms with van der Waals surface area (Å²) in [5, 5.41) is 3.40. The van der Waals surface area contributed by atoms with E-state index in [2.05, 4.69) is 5.32 Å². The fourth-order valence-electron chi connectivity index (χ4n) is 5.24. The molecule has 1 aliphatic heterocycles. The highest BCUT2D eigenvalue weighted by Crippen LogP contribution is 2.32. The van der Waals surface area contributed by atoms with E-state index in [1.165, 1.54) is 17.4 Å². The van der Waals surface area contributed by atoms with Gasteiger partial charge in [0.25, 0.3) is 11.5 Å². The summed E-state index contributed by atoms with van der Waals surface area (Å²) in [5.41, 5.74) is 2.81. The molecule has 2 heterocycles. The summed E-state index contributed by atoms with van der Waals surface area (Å²) in [6, 6.07) is 27.1. The van der Waals surface area contributed by atoms with Crippen LogP contribution in [0.1, 0.15) is 36.6 Å². The number of hydrogen-bond acceptors (Lipinski definition) is 6. The minimum absolute atomic E-state index is 0.00673. The molecule has 0 saturated heterocycles. The lowest BCUT2D eigenvalue weighted by Crippen LogP contribution is -2.40. The van der Waals surface area contributed by atoms with Gasteiger partial charge in [-0.1, -0.05) is 71.5 Å². The van der Waals surface area contributed by atoms with Crippen LogP contribution in [0, 0.1) is 5.82 Å². The van der Waals surface area contributed by atoms with Gasteiger partial charge in [-0.05, 0) is 74.0 Å². The Labute approximate surface area is 273 Å². The molecule has 0 fully saturated rings. The first kappa shape index (κ1) is 31.0. The molecule has 232 valence electrons. The SMILES string of the molecule is CCOc1ccc([C@H]2C(C(=O)Nc3ccccc3)=C(C)N=c3s/c(=C\c4cc(Cl)ccc4OCc4ccccc4F)c(=O)n32)cc1. The van der Waals surface area contributed by atoms with Gasteiger partial charge in [0.2, 0.25) is 0 Å². The van der Waals surface area contributed by atoms with Gasteiger partial charge >= 0.3 is 0 Å². The molecule has 0 bridgehead atoms. The molecule has 7 nitrogen and oxygen atoms in total. The number of amides is 1. The molecular weight excluding hydrogens is 625 g/mol. The Kier molecular flexibility index (Phi) is 9.14. The third kappa shape index (κ3) is 6.51. The quantitative estimate of drug-likeness (QED) is 0.193. The van der Waals surface area contributed by atoms with Crippen molar-refractivity contribution in [2.45, 2.75) is 26.5 Å². The highest BCUT2D eigenvalue weighted by atomic mass is 35.5. The van der Waals surface area contributed by atoms with E-state index in [9.17, 15) is 14.0 Å². The molecule has 1 N–H and O–H groups in total. The summed E-state index contributed by atoms with van der Waals surface area (Å²) in [5.74, 6) is 0.376. The number of aromatic nitrogens is 1. The Balaban J connectivity index is 1.44. The highest BCUT2D eigenvalue weighted by molar-refractivity contribution is 7.07. The molecule has 5 aromatic rings. The third-order valence-electron chi connectivity index (χ3n) is 7.40. The molecule has 4 aromatic carbocycles. The molecule has 1 atom stereocenters. The second-order valence-electron chi connectivity index (χ2n) is 10.5. The monoisotopic (exact) mass is 653 g/mol. The summed E-state index contributed by atoms with van der Waals surface area (Å²) >= 11 is 7.55. The second-order valence-corrected chi connectivity index (χ2v) is 11.9. The van der Waals surface area contributed by atoms with Gasteiger partial charge in [0.1, 0.15) is 23.9 Å². The molecule has 1 aromatic heterocycles. The average molecular weight is 654 g/mol. The van der Waals surface area contributed by atoms with Crippen LogP contribution in [0.5, 0.6) is 11.5 Å². The third-order valence-corrected chi connectivity index (χ3v) is 8.62. The Hall–Kier alpha value is -4.99. The largest absolute Gasteiger partial charge is 0.494 e. The van der Waals surface area contributed by atoms with E-state index in [4.69, 9.17) is 26.1 Å². The van der Waals surface area contributed by atoms with Crippen molar-refractivity contribution in [2.24, 2.45) is 4.99 Å². The number of thiazole rings is 1. The predicted octanol–water partition coefficient (Wildman–Crippen LogP) is 6.64. The van der Waals surface area contributed by atoms with Gasteiger partial charge in [-0.25, -0.2) is 9.38 Å². The van der Waals surface area contributed by atoms with Crippen LogP contribution in [0.3, 0.4) is 0 Å². The predicted molar refractivity (Wildman–Crippen MR) is 179 cm³/mol. The van der Waals surface area contributed by atoms with Crippen LogP contribution in [0.25, 0.3) is 6.08 Å². The Morgan fingerprint density at radius 3 is 2.50 bits per heavy atom. The molecule has 1 aliphatic rings. The first-order valence-electron chi connectivity index (χ1n) is 14.6. The molecule has 0 aliphatic carbocycles. The van der Waals surface area contributed by atoms with Crippen LogP contribution < -0.4 is 29.7 Å². The number of hydrogen-bond donors (Lipinski definition) is 1. The average Bonchev–Trinajstić information content (AvgIpc) is 3.35. The smallest absolute Gasteiger partial charge is 0.271 e. The number of fused-ring (bicyclic) bond motifs is 1. The van der Waals surface area contributed by atoms with Crippen LogP contribution in [0.2, 0.25) is 5.02 Å². The van der Waals surface area contributed by atoms with Crippen LogP contribution in [0.4, 0.5) is 10.1 Å². The molecule has 0 saturated carbocycles. The Bertz CT molecular complexity index is 2130. The molecule has 0 unspecified atom stereocenters. The molecule has 10 heteroatoms. The van der Waals surface area contributed by atoms with Crippen molar-refractivity contribution in [2.75, 3.05) is 11.9 Å². The highest BCUT2D eigenvalue weighted by Gasteiger charge is 2.32. The topological polar surface area (TPSA) is 81.9 Å². The number of nitrogens with zero attached hydrogens (tertiary/aromatic N) is 2. The number of allylic oxidation sites excluding steroid dienone is 1. The fourth-order valence-corrected chi connectivity index (χ4v) is 6.45. The summed E-state index contributed by atoms with van der Waals surface area (Å²) < 4.78 is 27.8. The maximum Gasteiger partial charge on any atom is 0.271 e. The number of rotatable bonds is 9. The first-order valence-corrected chi connectivity index (χ1v) is 15.8. The van der Waals surface area contributed by atoms with Crippen molar-refractivity contribution >= 4 is 40.6 Å². The lowest BCUT2D eigenvalue weighted by molar-refractivity contribution is -0.113. The van der Waals surface area contributed by atoms with E-state index in [-0.39, 0.29) is 23.9 Å². The lowest BCUT2D eigenvalue weighted by atomic mass is 9.95. The normalized spacial score (nSPS) is 14.4. The van der Waals surface area contributed by atoms with E-state index in [0.29, 0.717) is 60.5 Å². The van der Waals surface area contributed by atoms with Gasteiger partial charge in [0.15, 0.2) is 4.80 Å². The summed E-state index contributed by atoms with van der Waals surface area (Å²) in [6.45, 7) is 4.17. The summed E-state index contributed by atoms with van der Waals surface area (Å²) in [7, 11) is 0. The molecule has 1 amide bonds. The zero-order valence-electron chi connectivity index (χ0n) is 25.0. The Morgan fingerprint density at radius 2 is 1.76 bits per heavy atom. The number of anilines is 1. The second kappa shape index (κ2) is 13.6. The van der Waals surface area contributed by atoms with Crippen molar-refractivity contribution < 1.29 is 18.7 Å². The van der Waals surface area contributed by atoms with Crippen molar-refractivity contribution in [3.63, 3.8) is 0 Å². The zero-order valence-corrected chi connectivity index (χ0v) is 26.6. The number of ether oxygens (including phenoxy) is 2. The van der Waals surface area contributed by atoms with Gasteiger partial charge in [-0.15, -0.1) is 0 Å². The number of benzene rings is 4. The maximum atomic E-state index is 14.3. The Morgan fingerprint density at radius 1 is 1.02 bits per heavy atom. The van der Waals surface area contributed by atoms with Crippen LogP contribution in [-0.2, 0) is 11.4 Å². The van der Waals surface area contributed by atoms with Gasteiger partial charge in [-0.3, -0.25) is 14.2 Å². The summed E-state index contributed by atoms with van der Waals surface area (Å²) in [4.78, 5) is 33.2. The van der Waals surface area contributed by atoms with Crippen molar-refractivity contribution in [1.29, 1.82) is 0 Å². The van der Waals surface area contributed by atoms with Crippen LogP contribution in [0.15, 0.2) is 118 Å². The van der Waals surface area contributed by atoms with E-state index in [1.54, 1.807) is 66.1 Å². The first-order chi connectivity index (χ1) is 22.3. The molecule has 46 heavy (non-hydrogen) atoms. The van der Waals surface area contributed by atoms with E-state index in [1.807, 2.05) is 49.4 Å². The van der Waals surface area contributed by atoms with Crippen molar-refractivity contribution in [3.8, 4) is 11.5 Å². The van der Waals surface area contributed by atoms with Crippen LogP contribution >= 0.6 is 22.9 Å². The van der Waals surface area contributed by atoms with Crippen molar-refractivity contribution in [3.05, 3.63) is 156 Å². The number of carbonyl (C=O) groups is 1. The zero-order chi connectivity index (χ0) is 32.2. The van der Waals surface area contributed by atoms with Crippen molar-refractivity contribution in [1.82, 2.24) is 4.57 Å². The van der Waals surface area contributed by atoms with Gasteiger partial charge < -0.3 is 14.8 Å². The lowest BCUT2D eigenvalue weighted by Gasteiger charge is -2.25. The fraction of sp³-hybridized carbons (Fsp3) is 0.139. The minimum Gasteiger partial charge on any atom is -0.494 e. The van der Waals surface area contributed by atoms with E-state index in [0.717, 1.165) is 5.56 Å². The van der Waals surface area contributed by atoms with Gasteiger partial charge in [0.05, 0.1) is 28.5 Å². The number of nitrogens with one attached hydrogen (secondary N) is 1. The van der Waals surface area contributed by atoms with Gasteiger partial charge in [0, 0.05) is 21.8 Å². The molecular formula is C36H29ClFN3O4S. The van der Waals surface area contributed by atoms with E-state index >= 15 is 0 Å². The van der Waals surface area contributed by atoms with Crippen LogP contribution in [-0.4, -0.2) is 17.1 Å². The van der Waals surface area contributed by atoms with Gasteiger partial charge in [-0.2, -0.15) is 0 Å². The maximum absolute atomic E-state index is 14.3. The molecule has 6 rings (SSSR count). The summed E-state index contributed by atoms with van der Waals surface area (Å²) in [6.07, 6.45) is 1.69. The number of carbonyl (C=O) groups excluding carboxylic acids is 1. The number of para-hydroxylation sites is 1. The molecule has 0 spiro atoms. The minimum atomic E-state index is -0.756. The number of halogens is 2. The standard InChI is InChI=1S/C36H29ClFN3O4S/c1-3-44-28-16-13-23(14-17-28)33-32(34(42)40-27-10-5-4-6-11-27)22(2)39-36-41(33)35(43)31(46-36)20-25-19-26(37)15-18-30(25)45-21-24-9-7-8-12-29(24)38/h4-20,33H,3,21H2,1-2H3,(H,40,42)/b31-20-/t33-/m0/s1. The molecule has 0 radical (unpaired) electrons. The van der Waals surface area contributed by atoms with E-state index < -0.39 is 6.04 Å².